The molecule has 100 valence electrons. The number of rotatable bonds is 7. The molecule has 0 fully saturated rings. The molecule has 0 aliphatic rings. The van der Waals surface area contributed by atoms with E-state index < -0.39 is 0 Å². The molecule has 1 aromatic rings. The number of hydrogen-bond acceptors (Lipinski definition) is 6. The van der Waals surface area contributed by atoms with Gasteiger partial charge in [-0.3, -0.25) is 4.79 Å². The van der Waals surface area contributed by atoms with Gasteiger partial charge in [0.05, 0.1) is 13.7 Å². The van der Waals surface area contributed by atoms with E-state index in [0.29, 0.717) is 18.3 Å². The Hall–Kier alpha value is -1.85. The lowest BCUT2D eigenvalue weighted by atomic mass is 10.3. The first kappa shape index (κ1) is 14.2. The Kier molecular flexibility index (Phi) is 5.90. The van der Waals surface area contributed by atoms with Crippen LogP contribution < -0.4 is 9.64 Å². The molecule has 0 radical (unpaired) electrons. The van der Waals surface area contributed by atoms with E-state index in [4.69, 9.17) is 9.47 Å². The summed E-state index contributed by atoms with van der Waals surface area (Å²) in [6.45, 7) is 5.11. The fourth-order valence-electron chi connectivity index (χ4n) is 1.52. The predicted octanol–water partition coefficient (Wildman–Crippen LogP) is 1.26. The summed E-state index contributed by atoms with van der Waals surface area (Å²) in [5.74, 6) is 0.880. The van der Waals surface area contributed by atoms with Crippen molar-refractivity contribution < 1.29 is 14.3 Å². The summed E-state index contributed by atoms with van der Waals surface area (Å²) in [5.41, 5.74) is 0. The number of aromatic nitrogens is 2. The minimum absolute atomic E-state index is 0.182. The number of carbonyl (C=O) groups is 1. The van der Waals surface area contributed by atoms with Crippen molar-refractivity contribution in [2.45, 2.75) is 20.3 Å². The Bertz CT molecular complexity index is 385. The van der Waals surface area contributed by atoms with Crippen LogP contribution in [0, 0.1) is 0 Å². The molecule has 1 rings (SSSR count). The Labute approximate surface area is 107 Å². The van der Waals surface area contributed by atoms with Crippen molar-refractivity contribution in [3.05, 3.63) is 12.4 Å². The Balaban J connectivity index is 2.79. The quantitative estimate of drug-likeness (QED) is 0.682. The van der Waals surface area contributed by atoms with Crippen LogP contribution >= 0.6 is 0 Å². The molecule has 0 atom stereocenters. The van der Waals surface area contributed by atoms with Crippen molar-refractivity contribution in [2.75, 3.05) is 31.7 Å². The molecule has 0 N–H and O–H groups in total. The lowest BCUT2D eigenvalue weighted by molar-refractivity contribution is -0.141. The second-order valence-electron chi connectivity index (χ2n) is 3.65. The summed E-state index contributed by atoms with van der Waals surface area (Å²) in [6.07, 6.45) is 2.33. The van der Waals surface area contributed by atoms with E-state index in [-0.39, 0.29) is 12.5 Å². The summed E-state index contributed by atoms with van der Waals surface area (Å²) in [7, 11) is 1.54. The number of nitrogens with zero attached hydrogens (tertiary/aromatic N) is 3. The second-order valence-corrected chi connectivity index (χ2v) is 3.65. The number of anilines is 1. The maximum atomic E-state index is 11.5. The zero-order valence-electron chi connectivity index (χ0n) is 11.0. The topological polar surface area (TPSA) is 64.6 Å². The predicted molar refractivity (Wildman–Crippen MR) is 67.7 cm³/mol. The molecule has 0 aliphatic carbocycles. The fourth-order valence-corrected chi connectivity index (χ4v) is 1.52. The van der Waals surface area contributed by atoms with E-state index in [0.717, 1.165) is 13.0 Å². The van der Waals surface area contributed by atoms with Gasteiger partial charge < -0.3 is 14.4 Å². The summed E-state index contributed by atoms with van der Waals surface area (Å²) < 4.78 is 9.98. The average Bonchev–Trinajstić information content (AvgIpc) is 2.38. The molecule has 0 spiro atoms. The van der Waals surface area contributed by atoms with Crippen molar-refractivity contribution >= 4 is 11.8 Å². The monoisotopic (exact) mass is 253 g/mol. The van der Waals surface area contributed by atoms with Gasteiger partial charge in [0.25, 0.3) is 0 Å². The van der Waals surface area contributed by atoms with Gasteiger partial charge in [0.2, 0.25) is 5.88 Å². The van der Waals surface area contributed by atoms with Crippen molar-refractivity contribution in [3.63, 3.8) is 0 Å². The first-order valence-corrected chi connectivity index (χ1v) is 5.97. The van der Waals surface area contributed by atoms with Gasteiger partial charge >= 0.3 is 5.97 Å². The summed E-state index contributed by atoms with van der Waals surface area (Å²) in [4.78, 5) is 21.5. The molecular formula is C12H19N3O3. The van der Waals surface area contributed by atoms with Crippen molar-refractivity contribution in [2.24, 2.45) is 0 Å². The third-order valence-corrected chi connectivity index (χ3v) is 2.28. The average molecular weight is 253 g/mol. The molecule has 0 amide bonds. The molecular weight excluding hydrogens is 234 g/mol. The maximum absolute atomic E-state index is 11.5. The van der Waals surface area contributed by atoms with Crippen LogP contribution in [-0.4, -0.2) is 42.7 Å². The van der Waals surface area contributed by atoms with Gasteiger partial charge in [-0.2, -0.15) is 0 Å². The lowest BCUT2D eigenvalue weighted by Crippen LogP contribution is -2.32. The van der Waals surface area contributed by atoms with Gasteiger partial charge in [-0.25, -0.2) is 9.97 Å². The Morgan fingerprint density at radius 3 is 2.78 bits per heavy atom. The zero-order chi connectivity index (χ0) is 13.4. The van der Waals surface area contributed by atoms with E-state index in [1.54, 1.807) is 20.1 Å². The maximum Gasteiger partial charge on any atom is 0.325 e. The first-order valence-electron chi connectivity index (χ1n) is 5.97. The third kappa shape index (κ3) is 4.20. The summed E-state index contributed by atoms with van der Waals surface area (Å²) in [5, 5.41) is 0. The SMILES string of the molecule is CCCN(CC(=O)OCC)c1cc(OC)ncn1. The van der Waals surface area contributed by atoms with Gasteiger partial charge in [-0.1, -0.05) is 6.92 Å². The normalized spacial score (nSPS) is 9.94. The molecule has 0 saturated carbocycles. The first-order chi connectivity index (χ1) is 8.71. The minimum Gasteiger partial charge on any atom is -0.481 e. The Morgan fingerprint density at radius 1 is 1.39 bits per heavy atom. The largest absolute Gasteiger partial charge is 0.481 e. The van der Waals surface area contributed by atoms with Gasteiger partial charge in [0.15, 0.2) is 0 Å². The molecule has 1 aromatic heterocycles. The number of methoxy groups -OCH3 is 1. The van der Waals surface area contributed by atoms with Crippen LogP contribution in [0.3, 0.4) is 0 Å². The van der Waals surface area contributed by atoms with Crippen LogP contribution in [0.4, 0.5) is 5.82 Å². The van der Waals surface area contributed by atoms with E-state index in [2.05, 4.69) is 9.97 Å². The molecule has 0 saturated heterocycles. The molecule has 0 aliphatic heterocycles. The molecule has 0 aromatic carbocycles. The highest BCUT2D eigenvalue weighted by atomic mass is 16.5. The van der Waals surface area contributed by atoms with Gasteiger partial charge in [0, 0.05) is 12.6 Å². The van der Waals surface area contributed by atoms with Crippen molar-refractivity contribution in [1.29, 1.82) is 0 Å². The molecule has 0 unspecified atom stereocenters. The van der Waals surface area contributed by atoms with Crippen LogP contribution in [0.1, 0.15) is 20.3 Å². The number of ether oxygens (including phenoxy) is 2. The van der Waals surface area contributed by atoms with E-state index >= 15 is 0 Å². The van der Waals surface area contributed by atoms with Crippen LogP contribution in [0.2, 0.25) is 0 Å². The zero-order valence-corrected chi connectivity index (χ0v) is 11.0. The van der Waals surface area contributed by atoms with E-state index in [1.165, 1.54) is 6.33 Å². The summed E-state index contributed by atoms with van der Waals surface area (Å²) in [6, 6.07) is 1.70. The van der Waals surface area contributed by atoms with Crippen LogP contribution in [0.5, 0.6) is 5.88 Å². The van der Waals surface area contributed by atoms with E-state index in [9.17, 15) is 4.79 Å². The molecule has 6 heteroatoms. The van der Waals surface area contributed by atoms with Crippen LogP contribution in [0.15, 0.2) is 12.4 Å². The second kappa shape index (κ2) is 7.47. The van der Waals surface area contributed by atoms with Gasteiger partial charge in [-0.05, 0) is 13.3 Å². The van der Waals surface area contributed by atoms with Crippen LogP contribution in [-0.2, 0) is 9.53 Å². The highest BCUT2D eigenvalue weighted by Crippen LogP contribution is 2.15. The molecule has 18 heavy (non-hydrogen) atoms. The molecule has 0 bridgehead atoms. The fraction of sp³-hybridized carbons (Fsp3) is 0.583. The van der Waals surface area contributed by atoms with Gasteiger partial charge in [0.1, 0.15) is 18.7 Å². The van der Waals surface area contributed by atoms with Crippen LogP contribution in [0.25, 0.3) is 0 Å². The molecule has 1 heterocycles. The van der Waals surface area contributed by atoms with Crippen molar-refractivity contribution in [3.8, 4) is 5.88 Å². The van der Waals surface area contributed by atoms with E-state index in [1.807, 2.05) is 11.8 Å². The minimum atomic E-state index is -0.261. The number of carbonyl (C=O) groups excluding carboxylic acids is 1. The summed E-state index contributed by atoms with van der Waals surface area (Å²) >= 11 is 0. The number of hydrogen-bond donors (Lipinski definition) is 0. The molecule has 6 nitrogen and oxygen atoms in total. The third-order valence-electron chi connectivity index (χ3n) is 2.28. The standard InChI is InChI=1S/C12H19N3O3/c1-4-6-15(8-12(16)18-5-2)10-7-11(17-3)14-9-13-10/h7,9H,4-6,8H2,1-3H3. The van der Waals surface area contributed by atoms with Gasteiger partial charge in [-0.15, -0.1) is 0 Å². The highest BCUT2D eigenvalue weighted by molar-refractivity contribution is 5.75. The lowest BCUT2D eigenvalue weighted by Gasteiger charge is -2.21. The smallest absolute Gasteiger partial charge is 0.325 e. The Morgan fingerprint density at radius 2 is 2.17 bits per heavy atom. The van der Waals surface area contributed by atoms with Crippen molar-refractivity contribution in [1.82, 2.24) is 9.97 Å². The number of esters is 1. The highest BCUT2D eigenvalue weighted by Gasteiger charge is 2.13.